The molecule has 1 aliphatic carbocycles. The van der Waals surface area contributed by atoms with Gasteiger partial charge in [0.1, 0.15) is 6.04 Å². The molecule has 1 aliphatic heterocycles. The second-order valence-corrected chi connectivity index (χ2v) is 5.36. The molecule has 2 aliphatic rings. The number of urea groups is 1. The van der Waals surface area contributed by atoms with E-state index in [9.17, 15) is 14.7 Å². The summed E-state index contributed by atoms with van der Waals surface area (Å²) in [4.78, 5) is 26.1. The van der Waals surface area contributed by atoms with Crippen molar-refractivity contribution >= 4 is 12.0 Å². The van der Waals surface area contributed by atoms with Gasteiger partial charge in [-0.25, -0.2) is 9.59 Å². The first-order valence-corrected chi connectivity index (χ1v) is 6.41. The minimum absolute atomic E-state index is 0.116. The van der Waals surface area contributed by atoms with Crippen LogP contribution in [-0.4, -0.2) is 64.3 Å². The molecule has 102 valence electrons. The maximum atomic E-state index is 12.2. The number of rotatable bonds is 3. The molecule has 0 bridgehead atoms. The number of carboxylic acid groups (broad SMARTS) is 1. The summed E-state index contributed by atoms with van der Waals surface area (Å²) in [5.74, 6) is -0.494. The summed E-state index contributed by atoms with van der Waals surface area (Å²) in [7, 11) is 1.70. The molecule has 2 amide bonds. The Morgan fingerprint density at radius 3 is 2.56 bits per heavy atom. The number of aliphatic hydroxyl groups is 1. The standard InChI is InChI=1S/C12H20N2O4/c1-13(6-8-3-2-4-8)12(18)14-7-9(15)5-10(14)11(16)17/h8-10,15H,2-7H2,1H3,(H,16,17)/t9?,10-/m0/s1. The molecule has 0 aromatic heterocycles. The van der Waals surface area contributed by atoms with E-state index in [4.69, 9.17) is 5.11 Å². The number of likely N-dealkylation sites (tertiary alicyclic amines) is 1. The molecule has 1 saturated heterocycles. The Morgan fingerprint density at radius 1 is 1.39 bits per heavy atom. The molecule has 2 N–H and O–H groups in total. The minimum Gasteiger partial charge on any atom is -0.480 e. The van der Waals surface area contributed by atoms with E-state index in [2.05, 4.69) is 0 Å². The van der Waals surface area contributed by atoms with E-state index in [-0.39, 0.29) is 19.0 Å². The minimum atomic E-state index is -1.04. The average Bonchev–Trinajstić information content (AvgIpc) is 2.64. The Hall–Kier alpha value is -1.30. The molecule has 0 aromatic rings. The largest absolute Gasteiger partial charge is 0.480 e. The van der Waals surface area contributed by atoms with Crippen molar-refractivity contribution in [2.45, 2.75) is 37.8 Å². The lowest BCUT2D eigenvalue weighted by atomic mass is 9.85. The van der Waals surface area contributed by atoms with Gasteiger partial charge in [-0.2, -0.15) is 0 Å². The number of amides is 2. The number of β-amino-alcohol motifs (C(OH)–C–C–N with tert-alkyl or cyclic N) is 1. The molecule has 0 aromatic carbocycles. The quantitative estimate of drug-likeness (QED) is 0.764. The van der Waals surface area contributed by atoms with Crippen LogP contribution >= 0.6 is 0 Å². The molecule has 2 fully saturated rings. The van der Waals surface area contributed by atoms with Gasteiger partial charge in [0.05, 0.1) is 6.10 Å². The molecule has 6 nitrogen and oxygen atoms in total. The monoisotopic (exact) mass is 256 g/mol. The Morgan fingerprint density at radius 2 is 2.06 bits per heavy atom. The second kappa shape index (κ2) is 5.14. The molecule has 0 spiro atoms. The van der Waals surface area contributed by atoms with E-state index >= 15 is 0 Å². The van der Waals surface area contributed by atoms with E-state index in [0.717, 1.165) is 12.8 Å². The fraction of sp³-hybridized carbons (Fsp3) is 0.833. The van der Waals surface area contributed by atoms with Crippen LogP contribution in [0.2, 0.25) is 0 Å². The summed E-state index contributed by atoms with van der Waals surface area (Å²) in [6.45, 7) is 0.794. The zero-order chi connectivity index (χ0) is 13.3. The van der Waals surface area contributed by atoms with Gasteiger partial charge in [-0.15, -0.1) is 0 Å². The average molecular weight is 256 g/mol. The highest BCUT2D eigenvalue weighted by molar-refractivity contribution is 5.83. The third-order valence-corrected chi connectivity index (χ3v) is 3.89. The summed E-state index contributed by atoms with van der Waals surface area (Å²) >= 11 is 0. The van der Waals surface area contributed by atoms with Crippen molar-refractivity contribution < 1.29 is 19.8 Å². The molecular weight excluding hydrogens is 236 g/mol. The maximum absolute atomic E-state index is 12.2. The number of nitrogens with zero attached hydrogens (tertiary/aromatic N) is 2. The van der Waals surface area contributed by atoms with E-state index < -0.39 is 18.1 Å². The van der Waals surface area contributed by atoms with Crippen molar-refractivity contribution in [3.63, 3.8) is 0 Å². The van der Waals surface area contributed by atoms with Crippen molar-refractivity contribution in [1.29, 1.82) is 0 Å². The van der Waals surface area contributed by atoms with Crippen LogP contribution in [0.5, 0.6) is 0 Å². The number of carbonyl (C=O) groups is 2. The summed E-state index contributed by atoms with van der Waals surface area (Å²) in [5.41, 5.74) is 0. The lowest BCUT2D eigenvalue weighted by Crippen LogP contribution is -2.48. The molecular formula is C12H20N2O4. The zero-order valence-corrected chi connectivity index (χ0v) is 10.6. The maximum Gasteiger partial charge on any atom is 0.326 e. The van der Waals surface area contributed by atoms with Crippen LogP contribution in [0.15, 0.2) is 0 Å². The fourth-order valence-electron chi connectivity index (χ4n) is 2.62. The van der Waals surface area contributed by atoms with Gasteiger partial charge in [-0.05, 0) is 18.8 Å². The molecule has 1 unspecified atom stereocenters. The Labute approximate surface area is 106 Å². The molecule has 6 heteroatoms. The van der Waals surface area contributed by atoms with Gasteiger partial charge >= 0.3 is 12.0 Å². The van der Waals surface area contributed by atoms with Crippen molar-refractivity contribution in [2.24, 2.45) is 5.92 Å². The van der Waals surface area contributed by atoms with Gasteiger partial charge in [-0.1, -0.05) is 6.42 Å². The molecule has 1 saturated carbocycles. The Bertz CT molecular complexity index is 343. The Balaban J connectivity index is 1.95. The summed E-state index contributed by atoms with van der Waals surface area (Å²) in [6.07, 6.45) is 2.89. The first-order chi connectivity index (χ1) is 8.49. The van der Waals surface area contributed by atoms with Crippen molar-refractivity contribution in [1.82, 2.24) is 9.80 Å². The fourth-order valence-corrected chi connectivity index (χ4v) is 2.62. The molecule has 2 rings (SSSR count). The van der Waals surface area contributed by atoms with Gasteiger partial charge in [0, 0.05) is 26.6 Å². The number of carboxylic acids is 1. The van der Waals surface area contributed by atoms with Crippen molar-refractivity contribution in [3.05, 3.63) is 0 Å². The third kappa shape index (κ3) is 2.58. The van der Waals surface area contributed by atoms with Crippen LogP contribution in [0.25, 0.3) is 0 Å². The predicted octanol–water partition coefficient (Wildman–Crippen LogP) is 0.358. The first-order valence-electron chi connectivity index (χ1n) is 6.41. The van der Waals surface area contributed by atoms with Crippen LogP contribution < -0.4 is 0 Å². The number of hydrogen-bond donors (Lipinski definition) is 2. The van der Waals surface area contributed by atoms with Gasteiger partial charge in [0.15, 0.2) is 0 Å². The lowest BCUT2D eigenvalue weighted by Gasteiger charge is -2.33. The van der Waals surface area contributed by atoms with Crippen LogP contribution in [0, 0.1) is 5.92 Å². The molecule has 2 atom stereocenters. The van der Waals surface area contributed by atoms with Gasteiger partial charge in [0.2, 0.25) is 0 Å². The number of carbonyl (C=O) groups excluding carboxylic acids is 1. The van der Waals surface area contributed by atoms with Crippen molar-refractivity contribution in [2.75, 3.05) is 20.1 Å². The van der Waals surface area contributed by atoms with Crippen LogP contribution in [0.4, 0.5) is 4.79 Å². The highest BCUT2D eigenvalue weighted by Crippen LogP contribution is 2.27. The predicted molar refractivity (Wildman–Crippen MR) is 64.1 cm³/mol. The normalized spacial score (nSPS) is 28.0. The Kier molecular flexibility index (Phi) is 3.75. The number of aliphatic hydroxyl groups excluding tert-OH is 1. The topological polar surface area (TPSA) is 81.1 Å². The van der Waals surface area contributed by atoms with Gasteiger partial charge in [-0.3, -0.25) is 0 Å². The number of aliphatic carboxylic acids is 1. The van der Waals surface area contributed by atoms with Crippen LogP contribution in [0.3, 0.4) is 0 Å². The van der Waals surface area contributed by atoms with Gasteiger partial charge < -0.3 is 20.0 Å². The number of hydrogen-bond acceptors (Lipinski definition) is 3. The van der Waals surface area contributed by atoms with E-state index in [1.54, 1.807) is 11.9 Å². The molecule has 0 radical (unpaired) electrons. The van der Waals surface area contributed by atoms with Crippen LogP contribution in [0.1, 0.15) is 25.7 Å². The van der Waals surface area contributed by atoms with E-state index in [1.807, 2.05) is 0 Å². The van der Waals surface area contributed by atoms with Crippen molar-refractivity contribution in [3.8, 4) is 0 Å². The lowest BCUT2D eigenvalue weighted by molar-refractivity contribution is -0.141. The molecule has 18 heavy (non-hydrogen) atoms. The van der Waals surface area contributed by atoms with Crippen LogP contribution in [-0.2, 0) is 4.79 Å². The summed E-state index contributed by atoms with van der Waals surface area (Å²) < 4.78 is 0. The highest BCUT2D eigenvalue weighted by atomic mass is 16.4. The second-order valence-electron chi connectivity index (χ2n) is 5.36. The van der Waals surface area contributed by atoms with E-state index in [0.29, 0.717) is 12.5 Å². The third-order valence-electron chi connectivity index (χ3n) is 3.89. The first kappa shape index (κ1) is 13.1. The van der Waals surface area contributed by atoms with E-state index in [1.165, 1.54) is 11.3 Å². The SMILES string of the molecule is CN(CC1CCC1)C(=O)N1CC(O)C[C@H]1C(=O)O. The zero-order valence-electron chi connectivity index (χ0n) is 10.6. The summed E-state index contributed by atoms with van der Waals surface area (Å²) in [5, 5.41) is 18.6. The smallest absolute Gasteiger partial charge is 0.326 e. The summed E-state index contributed by atoms with van der Waals surface area (Å²) in [6, 6.07) is -1.18. The van der Waals surface area contributed by atoms with Gasteiger partial charge in [0.25, 0.3) is 0 Å². The highest BCUT2D eigenvalue weighted by Gasteiger charge is 2.40. The molecule has 1 heterocycles.